The van der Waals surface area contributed by atoms with E-state index in [-0.39, 0.29) is 35.4 Å². The monoisotopic (exact) mass is 497 g/mol. The second-order valence-electron chi connectivity index (χ2n) is 11.3. The lowest BCUT2D eigenvalue weighted by molar-refractivity contribution is -0.137. The highest BCUT2D eigenvalue weighted by molar-refractivity contribution is 5.86. The number of para-hydroxylation sites is 1. The molecule has 0 radical (unpaired) electrons. The Morgan fingerprint density at radius 2 is 1.80 bits per heavy atom. The molecule has 3 rings (SSSR count). The van der Waals surface area contributed by atoms with Gasteiger partial charge in [0, 0.05) is 37.8 Å². The number of alkyl halides is 3. The average molecular weight is 498 g/mol. The number of likely N-dealkylation sites (N-methyl/N-ethyl adjacent to an activating group) is 1. The van der Waals surface area contributed by atoms with Crippen molar-refractivity contribution >= 4 is 17.7 Å². The quantitative estimate of drug-likeness (QED) is 0.578. The van der Waals surface area contributed by atoms with Gasteiger partial charge in [-0.05, 0) is 64.0 Å². The predicted octanol–water partition coefficient (Wildman–Crippen LogP) is 5.32. The smallest absolute Gasteiger partial charge is 0.418 e. The third kappa shape index (κ3) is 6.61. The summed E-state index contributed by atoms with van der Waals surface area (Å²) in [7, 11) is 1.57. The first-order chi connectivity index (χ1) is 16.2. The number of nitrogens with one attached hydrogen (secondary N) is 1. The maximum absolute atomic E-state index is 13.6. The van der Waals surface area contributed by atoms with Crippen LogP contribution in [0, 0.1) is 17.8 Å². The first-order valence-corrected chi connectivity index (χ1v) is 12.3. The van der Waals surface area contributed by atoms with Gasteiger partial charge in [0.25, 0.3) is 0 Å². The lowest BCUT2D eigenvalue weighted by Gasteiger charge is -2.32. The third-order valence-electron chi connectivity index (χ3n) is 6.88. The van der Waals surface area contributed by atoms with Gasteiger partial charge in [-0.15, -0.1) is 0 Å². The van der Waals surface area contributed by atoms with Gasteiger partial charge in [-0.1, -0.05) is 26.0 Å². The standard InChI is InChI=1S/C26H38F3N3O3/c1-16(2)13-22(31(6)24(34)35-25(3,4)5)23(33)30-20-12-11-17-14-32(15-18(17)20)21-10-8-7-9-19(21)26(27,28)29/h7-10,16-18,20,22H,11-15H2,1-6H3,(H,30,33)/t17-,18+,20+,22?/m1/s1. The van der Waals surface area contributed by atoms with Gasteiger partial charge >= 0.3 is 12.3 Å². The van der Waals surface area contributed by atoms with Crippen molar-refractivity contribution in [3.8, 4) is 0 Å². The van der Waals surface area contributed by atoms with E-state index >= 15 is 0 Å². The summed E-state index contributed by atoms with van der Waals surface area (Å²) >= 11 is 0. The van der Waals surface area contributed by atoms with E-state index in [1.54, 1.807) is 38.8 Å². The first-order valence-electron chi connectivity index (χ1n) is 12.3. The van der Waals surface area contributed by atoms with Gasteiger partial charge in [0.2, 0.25) is 5.91 Å². The van der Waals surface area contributed by atoms with E-state index < -0.39 is 29.5 Å². The van der Waals surface area contributed by atoms with Gasteiger partial charge in [0.15, 0.2) is 0 Å². The second-order valence-corrected chi connectivity index (χ2v) is 11.3. The summed E-state index contributed by atoms with van der Waals surface area (Å²) in [4.78, 5) is 29.1. The number of nitrogens with zero attached hydrogens (tertiary/aromatic N) is 2. The van der Waals surface area contributed by atoms with Crippen molar-refractivity contribution in [1.82, 2.24) is 10.2 Å². The third-order valence-corrected chi connectivity index (χ3v) is 6.88. The van der Waals surface area contributed by atoms with Crippen LogP contribution in [0.25, 0.3) is 0 Å². The Balaban J connectivity index is 1.71. The maximum atomic E-state index is 13.6. The van der Waals surface area contributed by atoms with Crippen molar-refractivity contribution in [2.75, 3.05) is 25.0 Å². The van der Waals surface area contributed by atoms with Crippen LogP contribution in [0.5, 0.6) is 0 Å². The van der Waals surface area contributed by atoms with E-state index in [1.165, 1.54) is 17.0 Å². The number of fused-ring (bicyclic) bond motifs is 1. The van der Waals surface area contributed by atoms with Gasteiger partial charge in [-0.25, -0.2) is 4.79 Å². The van der Waals surface area contributed by atoms with Gasteiger partial charge in [0.1, 0.15) is 11.6 Å². The molecule has 2 aliphatic rings. The molecule has 1 unspecified atom stereocenters. The van der Waals surface area contributed by atoms with Gasteiger partial charge in [-0.2, -0.15) is 13.2 Å². The molecule has 0 bridgehead atoms. The number of benzene rings is 1. The molecule has 2 fully saturated rings. The molecular weight excluding hydrogens is 459 g/mol. The summed E-state index contributed by atoms with van der Waals surface area (Å²) in [6, 6.07) is 4.84. The molecule has 1 aromatic rings. The summed E-state index contributed by atoms with van der Waals surface area (Å²) in [6.07, 6.45) is -2.87. The summed E-state index contributed by atoms with van der Waals surface area (Å²) in [5.74, 6) is 0.208. The average Bonchev–Trinajstić information content (AvgIpc) is 3.31. The molecule has 196 valence electrons. The van der Waals surface area contributed by atoms with Crippen molar-refractivity contribution in [3.63, 3.8) is 0 Å². The summed E-state index contributed by atoms with van der Waals surface area (Å²) in [5.41, 5.74) is -1.11. The van der Waals surface area contributed by atoms with E-state index in [2.05, 4.69) is 5.32 Å². The van der Waals surface area contributed by atoms with Crippen LogP contribution in [0.3, 0.4) is 0 Å². The molecule has 35 heavy (non-hydrogen) atoms. The fourth-order valence-electron chi connectivity index (χ4n) is 5.26. The number of rotatable bonds is 6. The second kappa shape index (κ2) is 10.3. The van der Waals surface area contributed by atoms with Crippen molar-refractivity contribution in [3.05, 3.63) is 29.8 Å². The molecule has 1 saturated carbocycles. The lowest BCUT2D eigenvalue weighted by Crippen LogP contribution is -2.52. The van der Waals surface area contributed by atoms with Crippen LogP contribution in [0.1, 0.15) is 59.4 Å². The Bertz CT molecular complexity index is 913. The zero-order valence-electron chi connectivity index (χ0n) is 21.5. The molecule has 1 aliphatic heterocycles. The molecule has 4 atom stereocenters. The molecule has 1 N–H and O–H groups in total. The number of carbonyl (C=O) groups is 2. The van der Waals surface area contributed by atoms with Crippen LogP contribution in [0.4, 0.5) is 23.7 Å². The number of hydrogen-bond acceptors (Lipinski definition) is 4. The Morgan fingerprint density at radius 3 is 2.40 bits per heavy atom. The lowest BCUT2D eigenvalue weighted by atomic mass is 9.96. The number of anilines is 1. The highest BCUT2D eigenvalue weighted by Gasteiger charge is 2.46. The Labute approximate surface area is 206 Å². The summed E-state index contributed by atoms with van der Waals surface area (Å²) in [6.45, 7) is 10.3. The number of amides is 2. The van der Waals surface area contributed by atoms with Crippen molar-refractivity contribution < 1.29 is 27.5 Å². The normalized spacial score (nSPS) is 23.3. The van der Waals surface area contributed by atoms with Crippen molar-refractivity contribution in [2.24, 2.45) is 17.8 Å². The SMILES string of the molecule is CC(C)CC(C(=O)N[C@H]1CC[C@@H]2CN(c3ccccc3C(F)(F)F)C[C@@H]21)N(C)C(=O)OC(C)(C)C. The van der Waals surface area contributed by atoms with Gasteiger partial charge in [-0.3, -0.25) is 9.69 Å². The number of ether oxygens (including phenoxy) is 1. The number of carbonyl (C=O) groups excluding carboxylic acids is 2. The largest absolute Gasteiger partial charge is 0.444 e. The van der Waals surface area contributed by atoms with Gasteiger partial charge in [0.05, 0.1) is 5.56 Å². The molecule has 1 saturated heterocycles. The number of hydrogen-bond donors (Lipinski definition) is 1. The maximum Gasteiger partial charge on any atom is 0.418 e. The zero-order valence-corrected chi connectivity index (χ0v) is 21.5. The van der Waals surface area contributed by atoms with Crippen LogP contribution in [-0.2, 0) is 15.7 Å². The molecule has 0 spiro atoms. The zero-order chi connectivity index (χ0) is 26.1. The topological polar surface area (TPSA) is 61.9 Å². The molecule has 9 heteroatoms. The molecule has 2 amide bonds. The van der Waals surface area contributed by atoms with E-state index in [0.717, 1.165) is 18.9 Å². The van der Waals surface area contributed by atoms with Crippen LogP contribution in [0.15, 0.2) is 24.3 Å². The number of halogens is 3. The fourth-order valence-corrected chi connectivity index (χ4v) is 5.26. The minimum absolute atomic E-state index is 0.0618. The van der Waals surface area contributed by atoms with Crippen LogP contribution < -0.4 is 10.2 Å². The summed E-state index contributed by atoms with van der Waals surface area (Å²) < 4.78 is 46.1. The Morgan fingerprint density at radius 1 is 1.14 bits per heavy atom. The van der Waals surface area contributed by atoms with Crippen LogP contribution >= 0.6 is 0 Å². The van der Waals surface area contributed by atoms with Crippen LogP contribution in [0.2, 0.25) is 0 Å². The summed E-state index contributed by atoms with van der Waals surface area (Å²) in [5, 5.41) is 3.13. The van der Waals surface area contributed by atoms with E-state index in [9.17, 15) is 22.8 Å². The van der Waals surface area contributed by atoms with Crippen molar-refractivity contribution in [1.29, 1.82) is 0 Å². The van der Waals surface area contributed by atoms with E-state index in [4.69, 9.17) is 4.74 Å². The molecule has 1 heterocycles. The van der Waals surface area contributed by atoms with E-state index in [0.29, 0.717) is 19.5 Å². The van der Waals surface area contributed by atoms with E-state index in [1.807, 2.05) is 13.8 Å². The Hall–Kier alpha value is -2.45. The van der Waals surface area contributed by atoms with Crippen molar-refractivity contribution in [2.45, 2.75) is 77.7 Å². The first kappa shape index (κ1) is 27.1. The fraction of sp³-hybridized carbons (Fsp3) is 0.692. The Kier molecular flexibility index (Phi) is 7.96. The predicted molar refractivity (Wildman–Crippen MR) is 129 cm³/mol. The highest BCUT2D eigenvalue weighted by atomic mass is 19.4. The van der Waals surface area contributed by atoms with Crippen LogP contribution in [-0.4, -0.2) is 54.7 Å². The molecule has 1 aromatic carbocycles. The molecule has 0 aromatic heterocycles. The minimum atomic E-state index is -4.42. The van der Waals surface area contributed by atoms with Gasteiger partial charge < -0.3 is 15.0 Å². The minimum Gasteiger partial charge on any atom is -0.444 e. The highest BCUT2D eigenvalue weighted by Crippen LogP contribution is 2.43. The molecule has 1 aliphatic carbocycles. The molecule has 6 nitrogen and oxygen atoms in total. The molecular formula is C26H38F3N3O3.